The molecule has 1 N–H and O–H groups in total. The van der Waals surface area contributed by atoms with Crippen molar-refractivity contribution in [3.8, 4) is 0 Å². The standard InChI is InChI=1S/C13H15N3O2/c1-3-6-9(17)11-12(14-2)15-10-7-4-5-8-16(10)13(11)18/h4-5,7-8,14H,3,6H2,1-2H3. The summed E-state index contributed by atoms with van der Waals surface area (Å²) < 4.78 is 1.39. The van der Waals surface area contributed by atoms with Crippen molar-refractivity contribution in [1.29, 1.82) is 0 Å². The van der Waals surface area contributed by atoms with Crippen molar-refractivity contribution in [3.63, 3.8) is 0 Å². The monoisotopic (exact) mass is 245 g/mol. The van der Waals surface area contributed by atoms with Crippen molar-refractivity contribution in [1.82, 2.24) is 9.38 Å². The first-order valence-corrected chi connectivity index (χ1v) is 5.91. The van der Waals surface area contributed by atoms with E-state index in [1.54, 1.807) is 31.4 Å². The Balaban J connectivity index is 2.74. The average molecular weight is 245 g/mol. The Hall–Kier alpha value is -2.17. The Kier molecular flexibility index (Phi) is 3.41. The molecule has 2 aromatic heterocycles. The number of aromatic nitrogens is 2. The molecule has 0 aromatic carbocycles. The summed E-state index contributed by atoms with van der Waals surface area (Å²) in [5.74, 6) is 0.183. The molecule has 0 aliphatic heterocycles. The van der Waals surface area contributed by atoms with Gasteiger partial charge in [-0.05, 0) is 18.6 Å². The van der Waals surface area contributed by atoms with Crippen molar-refractivity contribution >= 4 is 17.2 Å². The van der Waals surface area contributed by atoms with E-state index >= 15 is 0 Å². The highest BCUT2D eigenvalue weighted by molar-refractivity contribution is 6.00. The lowest BCUT2D eigenvalue weighted by atomic mass is 10.1. The first-order valence-electron chi connectivity index (χ1n) is 5.91. The lowest BCUT2D eigenvalue weighted by Crippen LogP contribution is -2.25. The highest BCUT2D eigenvalue weighted by Crippen LogP contribution is 2.12. The highest BCUT2D eigenvalue weighted by atomic mass is 16.1. The van der Waals surface area contributed by atoms with Gasteiger partial charge in [-0.3, -0.25) is 14.0 Å². The number of fused-ring (bicyclic) bond motifs is 1. The van der Waals surface area contributed by atoms with Crippen LogP contribution in [0.1, 0.15) is 30.1 Å². The molecule has 0 aliphatic rings. The van der Waals surface area contributed by atoms with Gasteiger partial charge in [-0.25, -0.2) is 4.98 Å². The van der Waals surface area contributed by atoms with E-state index in [0.29, 0.717) is 24.3 Å². The number of hydrogen-bond acceptors (Lipinski definition) is 4. The molecule has 5 heteroatoms. The van der Waals surface area contributed by atoms with Crippen LogP contribution in [-0.4, -0.2) is 22.2 Å². The number of nitrogens with one attached hydrogen (secondary N) is 1. The molecule has 0 bridgehead atoms. The number of rotatable bonds is 4. The summed E-state index contributed by atoms with van der Waals surface area (Å²) >= 11 is 0. The second-order valence-corrected chi connectivity index (χ2v) is 3.99. The van der Waals surface area contributed by atoms with Gasteiger partial charge in [0.2, 0.25) is 0 Å². The fourth-order valence-electron chi connectivity index (χ4n) is 1.87. The number of anilines is 1. The maximum atomic E-state index is 12.3. The number of nitrogens with zero attached hydrogens (tertiary/aromatic N) is 2. The molecular weight excluding hydrogens is 230 g/mol. The number of carbonyl (C=O) groups excluding carboxylic acids is 1. The Bertz CT molecular complexity index is 646. The van der Waals surface area contributed by atoms with Crippen molar-refractivity contribution in [2.75, 3.05) is 12.4 Å². The summed E-state index contributed by atoms with van der Waals surface area (Å²) in [6.07, 6.45) is 2.68. The van der Waals surface area contributed by atoms with E-state index in [1.165, 1.54) is 4.40 Å². The number of hydrogen-bond donors (Lipinski definition) is 1. The van der Waals surface area contributed by atoms with Crippen LogP contribution in [0.5, 0.6) is 0 Å². The van der Waals surface area contributed by atoms with Crippen LogP contribution < -0.4 is 10.9 Å². The SMILES string of the molecule is CCCC(=O)c1c(NC)nc2ccccn2c1=O. The molecule has 0 spiro atoms. The number of Topliss-reactive ketones (excluding diaryl/α,β-unsaturated/α-hetero) is 1. The van der Waals surface area contributed by atoms with Crippen LogP contribution in [0.4, 0.5) is 5.82 Å². The predicted octanol–water partition coefficient (Wildman–Crippen LogP) is 1.72. The Morgan fingerprint density at radius 3 is 2.89 bits per heavy atom. The summed E-state index contributed by atoms with van der Waals surface area (Å²) in [6.45, 7) is 1.91. The van der Waals surface area contributed by atoms with E-state index in [-0.39, 0.29) is 16.9 Å². The first-order chi connectivity index (χ1) is 8.69. The van der Waals surface area contributed by atoms with Gasteiger partial charge in [0.1, 0.15) is 17.0 Å². The second kappa shape index (κ2) is 5.00. The molecule has 0 aliphatic carbocycles. The number of carbonyl (C=O) groups is 1. The van der Waals surface area contributed by atoms with Gasteiger partial charge in [-0.1, -0.05) is 13.0 Å². The van der Waals surface area contributed by atoms with Crippen LogP contribution in [-0.2, 0) is 0 Å². The Morgan fingerprint density at radius 1 is 1.44 bits per heavy atom. The molecule has 0 saturated carbocycles. The van der Waals surface area contributed by atoms with Crippen LogP contribution in [0.25, 0.3) is 5.65 Å². The quantitative estimate of drug-likeness (QED) is 0.833. The summed E-state index contributed by atoms with van der Waals surface area (Å²) in [4.78, 5) is 28.6. The minimum absolute atomic E-state index is 0.142. The van der Waals surface area contributed by atoms with Crippen LogP contribution >= 0.6 is 0 Å². The molecule has 0 atom stereocenters. The fourth-order valence-corrected chi connectivity index (χ4v) is 1.87. The molecule has 0 amide bonds. The van der Waals surface area contributed by atoms with Gasteiger partial charge < -0.3 is 5.32 Å². The molecule has 2 rings (SSSR count). The molecule has 0 fully saturated rings. The van der Waals surface area contributed by atoms with Crippen LogP contribution in [0.2, 0.25) is 0 Å². The third-order valence-corrected chi connectivity index (χ3v) is 2.73. The summed E-state index contributed by atoms with van der Waals surface area (Å²) in [5, 5.41) is 2.82. The third kappa shape index (κ3) is 1.99. The van der Waals surface area contributed by atoms with Gasteiger partial charge in [0.15, 0.2) is 5.78 Å². The van der Waals surface area contributed by atoms with E-state index < -0.39 is 0 Å². The third-order valence-electron chi connectivity index (χ3n) is 2.73. The largest absolute Gasteiger partial charge is 0.372 e. The van der Waals surface area contributed by atoms with E-state index in [4.69, 9.17) is 0 Å². The van der Waals surface area contributed by atoms with E-state index in [2.05, 4.69) is 10.3 Å². The second-order valence-electron chi connectivity index (χ2n) is 3.99. The van der Waals surface area contributed by atoms with E-state index in [0.717, 1.165) is 0 Å². The van der Waals surface area contributed by atoms with Crippen molar-refractivity contribution < 1.29 is 4.79 Å². The minimum Gasteiger partial charge on any atom is -0.372 e. The molecule has 2 aromatic rings. The summed E-state index contributed by atoms with van der Waals surface area (Å²) in [5.41, 5.74) is 0.353. The van der Waals surface area contributed by atoms with Gasteiger partial charge in [0.25, 0.3) is 5.56 Å². The lowest BCUT2D eigenvalue weighted by Gasteiger charge is -2.08. The van der Waals surface area contributed by atoms with Gasteiger partial charge in [0.05, 0.1) is 0 Å². The average Bonchev–Trinajstić information content (AvgIpc) is 2.38. The molecule has 18 heavy (non-hydrogen) atoms. The van der Waals surface area contributed by atoms with E-state index in [1.807, 2.05) is 6.92 Å². The summed E-state index contributed by atoms with van der Waals surface area (Å²) in [7, 11) is 1.66. The predicted molar refractivity (Wildman–Crippen MR) is 70.2 cm³/mol. The fraction of sp³-hybridized carbons (Fsp3) is 0.308. The molecular formula is C13H15N3O2. The summed E-state index contributed by atoms with van der Waals surface area (Å²) in [6, 6.07) is 5.27. The van der Waals surface area contributed by atoms with Gasteiger partial charge >= 0.3 is 0 Å². The normalized spacial score (nSPS) is 10.6. The van der Waals surface area contributed by atoms with Crippen molar-refractivity contribution in [2.45, 2.75) is 19.8 Å². The van der Waals surface area contributed by atoms with Crippen molar-refractivity contribution in [2.24, 2.45) is 0 Å². The molecule has 0 radical (unpaired) electrons. The molecule has 0 saturated heterocycles. The molecule has 94 valence electrons. The van der Waals surface area contributed by atoms with Crippen LogP contribution in [0.3, 0.4) is 0 Å². The molecule has 2 heterocycles. The smallest absolute Gasteiger partial charge is 0.270 e. The van der Waals surface area contributed by atoms with Crippen LogP contribution in [0, 0.1) is 0 Å². The van der Waals surface area contributed by atoms with Gasteiger partial charge in [0, 0.05) is 19.7 Å². The van der Waals surface area contributed by atoms with Crippen LogP contribution in [0.15, 0.2) is 29.2 Å². The van der Waals surface area contributed by atoms with E-state index in [9.17, 15) is 9.59 Å². The van der Waals surface area contributed by atoms with Gasteiger partial charge in [-0.2, -0.15) is 0 Å². The minimum atomic E-state index is -0.316. The zero-order chi connectivity index (χ0) is 13.1. The van der Waals surface area contributed by atoms with Gasteiger partial charge in [-0.15, -0.1) is 0 Å². The molecule has 0 unspecified atom stereocenters. The first kappa shape index (κ1) is 12.3. The Labute approximate surface area is 104 Å². The number of pyridine rings is 1. The maximum Gasteiger partial charge on any atom is 0.270 e. The van der Waals surface area contributed by atoms with Crippen molar-refractivity contribution in [3.05, 3.63) is 40.3 Å². The highest BCUT2D eigenvalue weighted by Gasteiger charge is 2.18. The topological polar surface area (TPSA) is 63.5 Å². The number of ketones is 1. The zero-order valence-electron chi connectivity index (χ0n) is 10.4. The Morgan fingerprint density at radius 2 is 2.22 bits per heavy atom. The molecule has 5 nitrogen and oxygen atoms in total. The maximum absolute atomic E-state index is 12.3. The lowest BCUT2D eigenvalue weighted by molar-refractivity contribution is 0.0980. The zero-order valence-corrected chi connectivity index (χ0v) is 10.4.